The minimum absolute atomic E-state index is 0.183. The van der Waals surface area contributed by atoms with Gasteiger partial charge < -0.3 is 10.2 Å². The highest BCUT2D eigenvalue weighted by Crippen LogP contribution is 2.40. The topological polar surface area (TPSA) is 38.5 Å². The second-order valence-corrected chi connectivity index (χ2v) is 13.6. The lowest BCUT2D eigenvalue weighted by Gasteiger charge is -2.39. The van der Waals surface area contributed by atoms with E-state index in [9.17, 15) is 0 Å². The van der Waals surface area contributed by atoms with Crippen molar-refractivity contribution >= 4 is 20.6 Å². The van der Waals surface area contributed by atoms with Crippen molar-refractivity contribution < 1.29 is 4.43 Å². The lowest BCUT2D eigenvalue weighted by molar-refractivity contribution is 0.0302. The quantitative estimate of drug-likeness (QED) is 0.629. The summed E-state index contributed by atoms with van der Waals surface area (Å²) in [5.74, 6) is 1.37. The molecule has 0 amide bonds. The van der Waals surface area contributed by atoms with Gasteiger partial charge in [0.2, 0.25) is 0 Å². The van der Waals surface area contributed by atoms with Crippen molar-refractivity contribution in [2.24, 2.45) is 23.0 Å². The number of rotatable bonds is 6. The van der Waals surface area contributed by atoms with Gasteiger partial charge in [0.1, 0.15) is 0 Å². The smallest absolute Gasteiger partial charge is 0.171 e. The minimum atomic E-state index is -1.07. The third-order valence-electron chi connectivity index (χ3n) is 6.87. The summed E-state index contributed by atoms with van der Waals surface area (Å²) in [6.07, 6.45) is 6.37. The van der Waals surface area contributed by atoms with E-state index in [0.29, 0.717) is 18.1 Å². The zero-order valence-electron chi connectivity index (χ0n) is 19.0. The van der Waals surface area contributed by atoms with Crippen LogP contribution in [-0.4, -0.2) is 45.2 Å². The average Bonchev–Trinajstić information content (AvgIpc) is 3.02. The molecule has 1 heterocycles. The number of nitrogens with zero attached hydrogens (tertiary/aromatic N) is 1. The van der Waals surface area contributed by atoms with E-state index in [1.807, 2.05) is 12.1 Å². The van der Waals surface area contributed by atoms with Gasteiger partial charge in [-0.2, -0.15) is 0 Å². The Hall–Kier alpha value is -0.393. The molecule has 29 heavy (non-hydrogen) atoms. The fraction of sp³-hybridized carbons (Fsp3) is 0.750. The molecule has 0 spiro atoms. The van der Waals surface area contributed by atoms with Crippen LogP contribution in [0.3, 0.4) is 0 Å². The zero-order chi connectivity index (χ0) is 21.2. The molecule has 1 aromatic rings. The molecule has 1 aliphatic heterocycles. The van der Waals surface area contributed by atoms with Gasteiger partial charge in [0.25, 0.3) is 0 Å². The van der Waals surface area contributed by atoms with Crippen molar-refractivity contribution in [3.05, 3.63) is 34.9 Å². The van der Waals surface area contributed by atoms with Crippen LogP contribution in [0, 0.1) is 17.3 Å². The Morgan fingerprint density at radius 1 is 1.14 bits per heavy atom. The first kappa shape index (κ1) is 23.3. The molecule has 164 valence electrons. The Bertz CT molecular complexity index is 637. The lowest BCUT2D eigenvalue weighted by Crippen LogP contribution is -2.48. The van der Waals surface area contributed by atoms with Crippen LogP contribution in [0.2, 0.25) is 18.1 Å². The molecule has 1 saturated carbocycles. The zero-order valence-corrected chi connectivity index (χ0v) is 20.9. The van der Waals surface area contributed by atoms with E-state index >= 15 is 0 Å². The molecular formula is C24H41ClN2OSi. The molecular weight excluding hydrogens is 396 g/mol. The van der Waals surface area contributed by atoms with Gasteiger partial charge in [-0.3, -0.25) is 4.90 Å². The van der Waals surface area contributed by atoms with Gasteiger partial charge in [-0.15, -0.1) is 0 Å². The predicted octanol–water partition coefficient (Wildman–Crippen LogP) is 5.12. The fourth-order valence-corrected chi connectivity index (χ4v) is 6.86. The van der Waals surface area contributed by atoms with Gasteiger partial charge >= 0.3 is 0 Å². The van der Waals surface area contributed by atoms with Gasteiger partial charge in [-0.05, 0) is 93.2 Å². The molecule has 1 saturated heterocycles. The van der Waals surface area contributed by atoms with E-state index in [0.717, 1.165) is 17.4 Å². The van der Waals surface area contributed by atoms with Crippen LogP contribution < -0.4 is 5.73 Å². The van der Waals surface area contributed by atoms with Crippen LogP contribution in [0.15, 0.2) is 24.3 Å². The van der Waals surface area contributed by atoms with Gasteiger partial charge in [0, 0.05) is 17.1 Å². The van der Waals surface area contributed by atoms with Crippen LogP contribution in [0.1, 0.15) is 52.0 Å². The third kappa shape index (κ3) is 6.30. The Morgan fingerprint density at radius 2 is 1.76 bits per heavy atom. The van der Waals surface area contributed by atoms with Gasteiger partial charge in [-0.1, -0.05) is 44.5 Å². The minimum Gasteiger partial charge on any atom is -0.417 e. The summed E-state index contributed by atoms with van der Waals surface area (Å²) in [5.41, 5.74) is 8.28. The van der Waals surface area contributed by atoms with Crippen LogP contribution in [0.4, 0.5) is 0 Å². The number of benzene rings is 1. The van der Waals surface area contributed by atoms with Crippen LogP contribution >= 0.6 is 11.6 Å². The van der Waals surface area contributed by atoms with Crippen molar-refractivity contribution in [3.8, 4) is 0 Å². The molecule has 2 N–H and O–H groups in total. The summed E-state index contributed by atoms with van der Waals surface area (Å²) in [6, 6.07) is 9.19. The highest BCUT2D eigenvalue weighted by Gasteiger charge is 2.43. The normalized spacial score (nSPS) is 28.2. The Labute approximate surface area is 185 Å². The molecule has 0 aromatic heterocycles. The Kier molecular flexibility index (Phi) is 7.88. The number of hydrogen-bond donors (Lipinski definition) is 1. The van der Waals surface area contributed by atoms with Crippen molar-refractivity contribution in [2.75, 3.05) is 13.1 Å². The molecule has 3 nitrogen and oxygen atoms in total. The molecule has 0 radical (unpaired) electrons. The van der Waals surface area contributed by atoms with E-state index in [2.05, 4.69) is 50.9 Å². The van der Waals surface area contributed by atoms with Crippen molar-refractivity contribution in [3.63, 3.8) is 0 Å². The van der Waals surface area contributed by atoms with Crippen molar-refractivity contribution in [1.82, 2.24) is 4.90 Å². The first-order chi connectivity index (χ1) is 13.6. The van der Waals surface area contributed by atoms with E-state index in [1.165, 1.54) is 44.3 Å². The monoisotopic (exact) mass is 436 g/mol. The van der Waals surface area contributed by atoms with Gasteiger partial charge in [0.15, 0.2) is 9.04 Å². The van der Waals surface area contributed by atoms with E-state index < -0.39 is 9.04 Å². The predicted molar refractivity (Wildman–Crippen MR) is 127 cm³/mol. The number of likely N-dealkylation sites (tertiary alicyclic amines) is 1. The maximum absolute atomic E-state index is 6.69. The largest absolute Gasteiger partial charge is 0.417 e. The van der Waals surface area contributed by atoms with Crippen LogP contribution in [-0.2, 0) is 10.8 Å². The van der Waals surface area contributed by atoms with Crippen molar-refractivity contribution in [1.29, 1.82) is 0 Å². The van der Waals surface area contributed by atoms with Gasteiger partial charge in [-0.25, -0.2) is 0 Å². The summed E-state index contributed by atoms with van der Waals surface area (Å²) < 4.78 is 6.53. The maximum Gasteiger partial charge on any atom is 0.171 e. The third-order valence-corrected chi connectivity index (χ3v) is 7.96. The van der Waals surface area contributed by atoms with Gasteiger partial charge in [0.05, 0.1) is 6.10 Å². The van der Waals surface area contributed by atoms with E-state index in [4.69, 9.17) is 21.8 Å². The number of halogens is 1. The molecule has 3 rings (SSSR count). The average molecular weight is 437 g/mol. The van der Waals surface area contributed by atoms with Crippen LogP contribution in [0.5, 0.6) is 0 Å². The summed E-state index contributed by atoms with van der Waals surface area (Å²) in [4.78, 5) is 2.69. The maximum atomic E-state index is 6.69. The fourth-order valence-electron chi connectivity index (χ4n) is 5.51. The second kappa shape index (κ2) is 9.82. The molecule has 1 unspecified atom stereocenters. The number of nitrogens with two attached hydrogens (primary N) is 1. The summed E-state index contributed by atoms with van der Waals surface area (Å²) in [6.45, 7) is 13.9. The molecule has 2 aliphatic rings. The highest BCUT2D eigenvalue weighted by atomic mass is 35.5. The standard InChI is InChI=1S/C24H41ClN2OSi/c1-24(2,3)23(28-29(4)5)19-15-21(26)22(16-19)27-12-10-18(11-13-27)14-17-6-8-20(25)9-7-17/h6-9,18-19,21-23,29H,10-16,26H2,1-5H3/t19-,21+,22+,23?/m0/s1. The summed E-state index contributed by atoms with van der Waals surface area (Å²) in [7, 11) is -1.07. The van der Waals surface area contributed by atoms with Crippen molar-refractivity contribution in [2.45, 2.75) is 84.2 Å². The molecule has 2 fully saturated rings. The first-order valence-corrected chi connectivity index (χ1v) is 14.7. The Balaban J connectivity index is 1.54. The van der Waals surface area contributed by atoms with E-state index in [1.54, 1.807) is 0 Å². The molecule has 0 bridgehead atoms. The molecule has 5 heteroatoms. The Morgan fingerprint density at radius 3 is 2.31 bits per heavy atom. The summed E-state index contributed by atoms with van der Waals surface area (Å²) >= 11 is 6.02. The molecule has 1 aliphatic carbocycles. The van der Waals surface area contributed by atoms with Crippen LogP contribution in [0.25, 0.3) is 0 Å². The number of piperidine rings is 1. The highest BCUT2D eigenvalue weighted by molar-refractivity contribution is 6.48. The van der Waals surface area contributed by atoms with E-state index in [-0.39, 0.29) is 11.5 Å². The SMILES string of the molecule is C[SiH](C)OC([C@H]1C[C@@H](N)[C@H](N2CCC(Cc3ccc(Cl)cc3)CC2)C1)C(C)(C)C. The number of hydrogen-bond acceptors (Lipinski definition) is 3. The second-order valence-electron chi connectivity index (χ2n) is 10.7. The molecule has 4 atom stereocenters. The molecule has 1 aromatic carbocycles. The first-order valence-electron chi connectivity index (χ1n) is 11.5. The summed E-state index contributed by atoms with van der Waals surface area (Å²) in [5, 5.41) is 0.825. The lowest BCUT2D eigenvalue weighted by atomic mass is 9.80.